The Hall–Kier alpha value is -2.61. The largest absolute Gasteiger partial charge is 0.453 e. The summed E-state index contributed by atoms with van der Waals surface area (Å²) in [6.45, 7) is 6.49. The van der Waals surface area contributed by atoms with Crippen molar-refractivity contribution >= 4 is 22.1 Å². The number of pyridine rings is 1. The molecular formula is C21H19NO. The molecule has 0 spiro atoms. The van der Waals surface area contributed by atoms with Crippen molar-refractivity contribution in [3.05, 3.63) is 65.9 Å². The third kappa shape index (κ3) is 2.22. The Bertz CT molecular complexity index is 1010. The maximum atomic E-state index is 6.31. The first kappa shape index (κ1) is 14.0. The van der Waals surface area contributed by atoms with Gasteiger partial charge in [0.15, 0.2) is 5.58 Å². The highest BCUT2D eigenvalue weighted by molar-refractivity contribution is 6.08. The van der Waals surface area contributed by atoms with E-state index in [2.05, 4.69) is 68.2 Å². The molecular weight excluding hydrogens is 282 g/mol. The van der Waals surface area contributed by atoms with Crippen LogP contribution < -0.4 is 0 Å². The van der Waals surface area contributed by atoms with Crippen LogP contribution in [0.4, 0.5) is 0 Å². The average molecular weight is 301 g/mol. The Morgan fingerprint density at radius 2 is 1.78 bits per heavy atom. The normalized spacial score (nSPS) is 11.7. The quantitative estimate of drug-likeness (QED) is 0.448. The molecule has 0 N–H and O–H groups in total. The fraction of sp³-hybridized carbons (Fsp3) is 0.190. The molecule has 0 saturated heterocycles. The number of furan rings is 1. The van der Waals surface area contributed by atoms with Gasteiger partial charge in [-0.15, -0.1) is 0 Å². The monoisotopic (exact) mass is 301 g/mol. The summed E-state index contributed by atoms with van der Waals surface area (Å²) in [5, 5.41) is 1.10. The molecule has 0 fully saturated rings. The van der Waals surface area contributed by atoms with Crippen molar-refractivity contribution in [1.29, 1.82) is 0 Å². The molecule has 0 bridgehead atoms. The zero-order valence-electron chi connectivity index (χ0n) is 13.6. The molecule has 0 unspecified atom stereocenters. The van der Waals surface area contributed by atoms with E-state index in [0.29, 0.717) is 5.92 Å². The number of benzene rings is 2. The van der Waals surface area contributed by atoms with Crippen LogP contribution in [0.3, 0.4) is 0 Å². The number of para-hydroxylation sites is 1. The number of hydrogen-bond acceptors (Lipinski definition) is 2. The van der Waals surface area contributed by atoms with Crippen LogP contribution in [-0.4, -0.2) is 4.98 Å². The molecule has 2 aromatic heterocycles. The predicted octanol–water partition coefficient (Wildman–Crippen LogP) is 6.08. The van der Waals surface area contributed by atoms with E-state index in [1.165, 1.54) is 16.7 Å². The Morgan fingerprint density at radius 1 is 0.957 bits per heavy atom. The van der Waals surface area contributed by atoms with Crippen molar-refractivity contribution in [2.45, 2.75) is 26.7 Å². The van der Waals surface area contributed by atoms with Crippen molar-refractivity contribution in [2.75, 3.05) is 0 Å². The van der Waals surface area contributed by atoms with Crippen molar-refractivity contribution in [1.82, 2.24) is 4.98 Å². The highest BCUT2D eigenvalue weighted by Crippen LogP contribution is 2.37. The molecule has 114 valence electrons. The molecule has 0 radical (unpaired) electrons. The molecule has 2 heteroatoms. The minimum atomic E-state index is 0.418. The van der Waals surface area contributed by atoms with Crippen molar-refractivity contribution in [2.24, 2.45) is 0 Å². The molecule has 0 aliphatic rings. The van der Waals surface area contributed by atoms with E-state index in [9.17, 15) is 0 Å². The maximum absolute atomic E-state index is 6.31. The SMILES string of the molecule is Cc1cccc(-c2ccnc3c2oc2c(C(C)C)cccc23)c1. The summed E-state index contributed by atoms with van der Waals surface area (Å²) in [5.74, 6) is 0.418. The molecule has 0 saturated carbocycles. The lowest BCUT2D eigenvalue weighted by Crippen LogP contribution is -1.86. The summed E-state index contributed by atoms with van der Waals surface area (Å²) >= 11 is 0. The molecule has 4 aromatic rings. The van der Waals surface area contributed by atoms with E-state index in [0.717, 1.165) is 27.6 Å². The fourth-order valence-electron chi connectivity index (χ4n) is 3.20. The lowest BCUT2D eigenvalue weighted by Gasteiger charge is -2.04. The van der Waals surface area contributed by atoms with Crippen LogP contribution in [0.1, 0.15) is 30.9 Å². The van der Waals surface area contributed by atoms with E-state index in [1.807, 2.05) is 12.3 Å². The predicted molar refractivity (Wildman–Crippen MR) is 95.8 cm³/mol. The van der Waals surface area contributed by atoms with Gasteiger partial charge in [-0.05, 0) is 36.1 Å². The van der Waals surface area contributed by atoms with Gasteiger partial charge in [0.25, 0.3) is 0 Å². The van der Waals surface area contributed by atoms with E-state index >= 15 is 0 Å². The summed E-state index contributed by atoms with van der Waals surface area (Å²) in [6.07, 6.45) is 1.87. The van der Waals surface area contributed by atoms with Gasteiger partial charge < -0.3 is 4.42 Å². The first-order chi connectivity index (χ1) is 11.1. The Balaban J connectivity index is 2.08. The van der Waals surface area contributed by atoms with E-state index in [-0.39, 0.29) is 0 Å². The molecule has 0 amide bonds. The van der Waals surface area contributed by atoms with Crippen molar-refractivity contribution < 1.29 is 4.42 Å². The first-order valence-corrected chi connectivity index (χ1v) is 8.02. The van der Waals surface area contributed by atoms with Crippen LogP contribution in [0.25, 0.3) is 33.2 Å². The number of aromatic nitrogens is 1. The number of hydrogen-bond donors (Lipinski definition) is 0. The van der Waals surface area contributed by atoms with Gasteiger partial charge in [-0.3, -0.25) is 4.98 Å². The number of fused-ring (bicyclic) bond motifs is 3. The van der Waals surface area contributed by atoms with E-state index in [1.54, 1.807) is 0 Å². The smallest absolute Gasteiger partial charge is 0.161 e. The van der Waals surface area contributed by atoms with Crippen molar-refractivity contribution in [3.63, 3.8) is 0 Å². The van der Waals surface area contributed by atoms with Crippen LogP contribution in [0.5, 0.6) is 0 Å². The summed E-state index contributed by atoms with van der Waals surface area (Å²) in [4.78, 5) is 4.58. The molecule has 2 aromatic carbocycles. The zero-order chi connectivity index (χ0) is 16.0. The van der Waals surface area contributed by atoms with Gasteiger partial charge in [0.05, 0.1) is 0 Å². The Kier molecular flexibility index (Phi) is 3.19. The standard InChI is InChI=1S/C21H19NO/c1-13(2)16-8-5-9-18-19-21(23-20(16)18)17(10-11-22-19)15-7-4-6-14(3)12-15/h4-13H,1-3H3. The van der Waals surface area contributed by atoms with Gasteiger partial charge in [-0.2, -0.15) is 0 Å². The number of nitrogens with zero attached hydrogens (tertiary/aromatic N) is 1. The molecule has 2 nitrogen and oxygen atoms in total. The molecule has 0 aliphatic heterocycles. The first-order valence-electron chi connectivity index (χ1n) is 8.02. The zero-order valence-corrected chi connectivity index (χ0v) is 13.6. The minimum Gasteiger partial charge on any atom is -0.453 e. The fourth-order valence-corrected chi connectivity index (χ4v) is 3.20. The summed E-state index contributed by atoms with van der Waals surface area (Å²) < 4.78 is 6.31. The summed E-state index contributed by atoms with van der Waals surface area (Å²) in [5.41, 5.74) is 7.53. The van der Waals surface area contributed by atoms with Gasteiger partial charge in [-0.25, -0.2) is 0 Å². The molecule has 0 atom stereocenters. The molecule has 2 heterocycles. The lowest BCUT2D eigenvalue weighted by molar-refractivity contribution is 0.657. The Morgan fingerprint density at radius 3 is 2.57 bits per heavy atom. The average Bonchev–Trinajstić information content (AvgIpc) is 2.93. The van der Waals surface area contributed by atoms with Gasteiger partial charge >= 0.3 is 0 Å². The number of rotatable bonds is 2. The Labute approximate surface area is 135 Å². The minimum absolute atomic E-state index is 0.418. The second kappa shape index (κ2) is 5.24. The van der Waals surface area contributed by atoms with Crippen molar-refractivity contribution in [3.8, 4) is 11.1 Å². The van der Waals surface area contributed by atoms with E-state index in [4.69, 9.17) is 4.42 Å². The third-order valence-corrected chi connectivity index (χ3v) is 4.36. The maximum Gasteiger partial charge on any atom is 0.161 e. The van der Waals surface area contributed by atoms with Crippen LogP contribution in [0.15, 0.2) is 59.1 Å². The third-order valence-electron chi connectivity index (χ3n) is 4.36. The van der Waals surface area contributed by atoms with Gasteiger partial charge in [0.2, 0.25) is 0 Å². The topological polar surface area (TPSA) is 26.0 Å². The number of aryl methyl sites for hydroxylation is 1. The second-order valence-corrected chi connectivity index (χ2v) is 6.39. The van der Waals surface area contributed by atoms with Gasteiger partial charge in [0.1, 0.15) is 11.1 Å². The van der Waals surface area contributed by atoms with E-state index < -0.39 is 0 Å². The van der Waals surface area contributed by atoms with Crippen LogP contribution in [0.2, 0.25) is 0 Å². The molecule has 0 aliphatic carbocycles. The lowest BCUT2D eigenvalue weighted by atomic mass is 10.0. The molecule has 4 rings (SSSR count). The van der Waals surface area contributed by atoms with Crippen LogP contribution >= 0.6 is 0 Å². The van der Waals surface area contributed by atoms with Crippen LogP contribution in [-0.2, 0) is 0 Å². The van der Waals surface area contributed by atoms with Gasteiger partial charge in [-0.1, -0.05) is 55.8 Å². The highest BCUT2D eigenvalue weighted by Gasteiger charge is 2.16. The van der Waals surface area contributed by atoms with Gasteiger partial charge in [0, 0.05) is 17.1 Å². The second-order valence-electron chi connectivity index (χ2n) is 6.39. The molecule has 23 heavy (non-hydrogen) atoms. The highest BCUT2D eigenvalue weighted by atomic mass is 16.3. The summed E-state index contributed by atoms with van der Waals surface area (Å²) in [7, 11) is 0. The summed E-state index contributed by atoms with van der Waals surface area (Å²) in [6, 6.07) is 16.9. The van der Waals surface area contributed by atoms with Crippen LogP contribution in [0, 0.1) is 6.92 Å².